The summed E-state index contributed by atoms with van der Waals surface area (Å²) in [6.07, 6.45) is 26.6. The summed E-state index contributed by atoms with van der Waals surface area (Å²) in [5.41, 5.74) is 0. The summed E-state index contributed by atoms with van der Waals surface area (Å²) >= 11 is 0. The van der Waals surface area contributed by atoms with Crippen molar-refractivity contribution in [3.63, 3.8) is 0 Å². The first-order chi connectivity index (χ1) is 11.8. The Hall–Kier alpha value is 0.390. The summed E-state index contributed by atoms with van der Waals surface area (Å²) in [5, 5.41) is 0. The van der Waals surface area contributed by atoms with Gasteiger partial charge in [-0.3, -0.25) is 0 Å². The van der Waals surface area contributed by atoms with Crippen LogP contribution in [0.1, 0.15) is 122 Å². The van der Waals surface area contributed by atoms with Crippen molar-refractivity contribution in [3.8, 4) is 0 Å². The zero-order valence-corrected chi connectivity index (χ0v) is 19.2. The van der Waals surface area contributed by atoms with Crippen molar-refractivity contribution in [1.29, 1.82) is 0 Å². The molecule has 0 amide bonds. The Morgan fingerprint density at radius 3 is 0.920 bits per heavy atom. The Balaban J connectivity index is 3.08. The Kier molecular flexibility index (Phi) is 15.7. The van der Waals surface area contributed by atoms with E-state index in [4.69, 9.17) is 0 Å². The second kappa shape index (κ2) is 15.4. The molecule has 0 heterocycles. The van der Waals surface area contributed by atoms with Crippen molar-refractivity contribution < 1.29 is 4.89 Å². The molecule has 0 aliphatic carbocycles. The second-order valence-electron chi connectivity index (χ2n) is 9.77. The molecule has 1 nitrogen and oxygen atoms in total. The summed E-state index contributed by atoms with van der Waals surface area (Å²) in [5.74, 6) is 0. The summed E-state index contributed by atoms with van der Waals surface area (Å²) < 4.78 is 0. The second-order valence-corrected chi connectivity index (χ2v) is 16.3. The molecule has 0 saturated heterocycles. The van der Waals surface area contributed by atoms with Crippen molar-refractivity contribution in [2.24, 2.45) is 0 Å². The van der Waals surface area contributed by atoms with Crippen molar-refractivity contribution in [1.82, 2.24) is 0 Å². The molecule has 0 atom stereocenters. The third-order valence-corrected chi connectivity index (χ3v) is 7.14. The molecule has 2 heteroatoms. The van der Waals surface area contributed by atoms with Gasteiger partial charge in [0.1, 0.15) is 0 Å². The van der Waals surface area contributed by atoms with Crippen molar-refractivity contribution in [2.75, 3.05) is 26.2 Å². The van der Waals surface area contributed by atoms with E-state index < -0.39 is 6.83 Å². The van der Waals surface area contributed by atoms with E-state index in [1.54, 1.807) is 0 Å². The maximum absolute atomic E-state index is 10.2. The maximum atomic E-state index is 10.2. The van der Waals surface area contributed by atoms with Crippen LogP contribution in [0.4, 0.5) is 0 Å². The molecule has 0 radical (unpaired) electrons. The summed E-state index contributed by atoms with van der Waals surface area (Å²) in [6.45, 7) is 6.27. The van der Waals surface area contributed by atoms with Gasteiger partial charge in [0.05, 0.1) is 0 Å². The van der Waals surface area contributed by atoms with Gasteiger partial charge in [-0.25, -0.2) is 0 Å². The standard InChI is InChI=1S/C23H51OP/c1-5-6-7-8-9-10-11-12-13-14-15-16-17-18-19-20-21-22-23-25(2,3,4)24/h24H,5-23H2,1-4H3. The molecule has 25 heavy (non-hydrogen) atoms. The summed E-state index contributed by atoms with van der Waals surface area (Å²) in [6, 6.07) is 0. The molecule has 0 aromatic carbocycles. The third-order valence-electron chi connectivity index (χ3n) is 5.28. The zero-order valence-electron chi connectivity index (χ0n) is 18.3. The van der Waals surface area contributed by atoms with Gasteiger partial charge in [-0.2, -0.15) is 0 Å². The molecule has 0 spiro atoms. The predicted octanol–water partition coefficient (Wildman–Crippen LogP) is 8.38. The van der Waals surface area contributed by atoms with E-state index >= 15 is 0 Å². The van der Waals surface area contributed by atoms with Gasteiger partial charge in [0.2, 0.25) is 0 Å². The fourth-order valence-corrected chi connectivity index (χ4v) is 4.87. The number of hydrogen-bond acceptors (Lipinski definition) is 1. The van der Waals surface area contributed by atoms with E-state index in [1.165, 1.54) is 116 Å². The van der Waals surface area contributed by atoms with Crippen LogP contribution < -0.4 is 0 Å². The van der Waals surface area contributed by atoms with Crippen LogP contribution in [-0.2, 0) is 0 Å². The van der Waals surface area contributed by atoms with Crippen LogP contribution in [0.15, 0.2) is 0 Å². The molecule has 0 rings (SSSR count). The van der Waals surface area contributed by atoms with Crippen LogP contribution in [0, 0.1) is 0 Å². The van der Waals surface area contributed by atoms with Gasteiger partial charge in [0.25, 0.3) is 0 Å². The molecule has 0 saturated carbocycles. The van der Waals surface area contributed by atoms with E-state index in [1.807, 2.05) is 0 Å². The average molecular weight is 375 g/mol. The quantitative estimate of drug-likeness (QED) is 0.178. The van der Waals surface area contributed by atoms with Gasteiger partial charge in [0, 0.05) is 0 Å². The number of hydrogen-bond donors (Lipinski definition) is 1. The number of unbranched alkanes of at least 4 members (excludes halogenated alkanes) is 17. The first kappa shape index (κ1) is 25.4. The van der Waals surface area contributed by atoms with Gasteiger partial charge in [-0.1, -0.05) is 51.9 Å². The Morgan fingerprint density at radius 2 is 0.680 bits per heavy atom. The van der Waals surface area contributed by atoms with Gasteiger partial charge >= 0.3 is 109 Å². The first-order valence-electron chi connectivity index (χ1n) is 11.6. The first-order valence-corrected chi connectivity index (χ1v) is 15.3. The Labute approximate surface area is 160 Å². The molecule has 0 unspecified atom stereocenters. The third kappa shape index (κ3) is 24.4. The van der Waals surface area contributed by atoms with E-state index in [-0.39, 0.29) is 0 Å². The molecule has 0 aromatic rings. The molecule has 154 valence electrons. The molecule has 0 aliphatic heterocycles. The topological polar surface area (TPSA) is 20.2 Å². The predicted molar refractivity (Wildman–Crippen MR) is 121 cm³/mol. The minimum atomic E-state index is -2.22. The molecule has 1 N–H and O–H groups in total. The van der Waals surface area contributed by atoms with Crippen molar-refractivity contribution in [3.05, 3.63) is 0 Å². The van der Waals surface area contributed by atoms with Crippen LogP contribution in [0.5, 0.6) is 0 Å². The van der Waals surface area contributed by atoms with Gasteiger partial charge < -0.3 is 0 Å². The molecule has 0 bridgehead atoms. The molecule has 0 fully saturated rings. The zero-order chi connectivity index (χ0) is 18.9. The summed E-state index contributed by atoms with van der Waals surface area (Å²) in [4.78, 5) is 10.2. The molecular weight excluding hydrogens is 323 g/mol. The van der Waals surface area contributed by atoms with Crippen LogP contribution in [-0.4, -0.2) is 31.0 Å². The minimum absolute atomic E-state index is 1.05. The van der Waals surface area contributed by atoms with E-state index in [2.05, 4.69) is 26.9 Å². The monoisotopic (exact) mass is 374 g/mol. The Morgan fingerprint density at radius 1 is 0.440 bits per heavy atom. The van der Waals surface area contributed by atoms with Crippen LogP contribution >= 0.6 is 6.83 Å². The summed E-state index contributed by atoms with van der Waals surface area (Å²) in [7, 11) is 0. The fraction of sp³-hybridized carbons (Fsp3) is 1.00. The van der Waals surface area contributed by atoms with Gasteiger partial charge in [-0.05, 0) is 0 Å². The van der Waals surface area contributed by atoms with Crippen LogP contribution in [0.25, 0.3) is 0 Å². The van der Waals surface area contributed by atoms with Crippen LogP contribution in [0.2, 0.25) is 0 Å². The van der Waals surface area contributed by atoms with E-state index in [9.17, 15) is 4.89 Å². The normalized spacial score (nSPS) is 13.7. The number of rotatable bonds is 19. The van der Waals surface area contributed by atoms with Gasteiger partial charge in [-0.15, -0.1) is 0 Å². The van der Waals surface area contributed by atoms with E-state index in [0.717, 1.165) is 6.16 Å². The molecular formula is C23H51OP. The average Bonchev–Trinajstić information content (AvgIpc) is 2.52. The van der Waals surface area contributed by atoms with Crippen molar-refractivity contribution >= 4 is 6.83 Å². The Bertz CT molecular complexity index is 270. The molecule has 0 aromatic heterocycles. The van der Waals surface area contributed by atoms with Crippen molar-refractivity contribution in [2.45, 2.75) is 122 Å². The molecule has 0 aliphatic rings. The van der Waals surface area contributed by atoms with Gasteiger partial charge in [0.15, 0.2) is 0 Å². The fourth-order valence-electron chi connectivity index (χ4n) is 3.56. The van der Waals surface area contributed by atoms with Crippen LogP contribution in [0.3, 0.4) is 0 Å². The van der Waals surface area contributed by atoms with E-state index in [0.29, 0.717) is 0 Å². The SMILES string of the molecule is CCCCCCCCCCCCCCCCCCCCP(C)(C)(C)O.